The summed E-state index contributed by atoms with van der Waals surface area (Å²) >= 11 is 0. The molecule has 5 nitrogen and oxygen atoms in total. The molecule has 0 saturated carbocycles. The van der Waals surface area contributed by atoms with Crippen LogP contribution in [0.3, 0.4) is 0 Å². The zero-order valence-electron chi connectivity index (χ0n) is 14.0. The fourth-order valence-electron chi connectivity index (χ4n) is 2.35. The third-order valence-electron chi connectivity index (χ3n) is 3.53. The highest BCUT2D eigenvalue weighted by molar-refractivity contribution is 7.92. The van der Waals surface area contributed by atoms with E-state index in [4.69, 9.17) is 0 Å². The van der Waals surface area contributed by atoms with E-state index >= 15 is 0 Å². The van der Waals surface area contributed by atoms with E-state index in [1.807, 2.05) is 0 Å². The van der Waals surface area contributed by atoms with E-state index < -0.39 is 21.8 Å². The average Bonchev–Trinajstić information content (AvgIpc) is 2.55. The Hall–Kier alpha value is -2.55. The Morgan fingerprint density at radius 1 is 1.04 bits per heavy atom. The number of carbonyl (C=O) groups excluding carboxylic acids is 1. The van der Waals surface area contributed by atoms with Crippen LogP contribution in [0.5, 0.6) is 0 Å². The average molecular weight is 386 g/mol. The van der Waals surface area contributed by atoms with Crippen LogP contribution >= 0.6 is 0 Å². The van der Waals surface area contributed by atoms with Crippen LogP contribution in [-0.4, -0.2) is 20.9 Å². The molecule has 0 atom stereocenters. The molecule has 26 heavy (non-hydrogen) atoms. The molecule has 0 bridgehead atoms. The van der Waals surface area contributed by atoms with E-state index in [1.165, 1.54) is 31.2 Å². The number of nitrogens with one attached hydrogen (secondary N) is 1. The third kappa shape index (κ3) is 4.34. The second-order valence-electron chi connectivity index (χ2n) is 5.42. The lowest BCUT2D eigenvalue weighted by Crippen LogP contribution is -2.30. The predicted molar refractivity (Wildman–Crippen MR) is 92.4 cm³/mol. The molecule has 0 aromatic heterocycles. The first-order chi connectivity index (χ1) is 12.1. The van der Waals surface area contributed by atoms with Crippen LogP contribution < -0.4 is 9.62 Å². The van der Waals surface area contributed by atoms with Crippen molar-refractivity contribution in [3.05, 3.63) is 54.1 Å². The minimum absolute atomic E-state index is 0.0339. The lowest BCUT2D eigenvalue weighted by atomic mass is 10.2. The van der Waals surface area contributed by atoms with Gasteiger partial charge in [-0.15, -0.1) is 0 Å². The van der Waals surface area contributed by atoms with Crippen LogP contribution in [0.25, 0.3) is 0 Å². The minimum atomic E-state index is -4.49. The first-order valence-electron chi connectivity index (χ1n) is 7.63. The van der Waals surface area contributed by atoms with Crippen LogP contribution in [0.1, 0.15) is 19.4 Å². The van der Waals surface area contributed by atoms with Gasteiger partial charge in [-0.1, -0.05) is 0 Å². The molecule has 1 N–H and O–H groups in total. The van der Waals surface area contributed by atoms with Gasteiger partial charge in [-0.3, -0.25) is 9.10 Å². The number of halogens is 3. The molecule has 0 aliphatic rings. The largest absolute Gasteiger partial charge is 0.416 e. The quantitative estimate of drug-likeness (QED) is 0.848. The van der Waals surface area contributed by atoms with Gasteiger partial charge in [-0.2, -0.15) is 13.2 Å². The summed E-state index contributed by atoms with van der Waals surface area (Å²) in [5, 5.41) is 2.52. The van der Waals surface area contributed by atoms with Gasteiger partial charge in [0.05, 0.1) is 16.1 Å². The van der Waals surface area contributed by atoms with Crippen molar-refractivity contribution in [2.45, 2.75) is 24.9 Å². The number of sulfonamides is 1. The number of alkyl halides is 3. The van der Waals surface area contributed by atoms with Gasteiger partial charge in [0.25, 0.3) is 10.0 Å². The van der Waals surface area contributed by atoms with Crippen LogP contribution in [-0.2, 0) is 21.0 Å². The first kappa shape index (κ1) is 19.8. The van der Waals surface area contributed by atoms with Crippen molar-refractivity contribution in [3.8, 4) is 0 Å². The van der Waals surface area contributed by atoms with E-state index in [-0.39, 0.29) is 23.0 Å². The van der Waals surface area contributed by atoms with Crippen molar-refractivity contribution in [1.29, 1.82) is 0 Å². The van der Waals surface area contributed by atoms with Gasteiger partial charge in [-0.25, -0.2) is 8.42 Å². The summed E-state index contributed by atoms with van der Waals surface area (Å²) in [6.07, 6.45) is -4.49. The van der Waals surface area contributed by atoms with Crippen LogP contribution in [0.2, 0.25) is 0 Å². The Kier molecular flexibility index (Phi) is 5.60. The van der Waals surface area contributed by atoms with Crippen LogP contribution in [0.4, 0.5) is 24.5 Å². The summed E-state index contributed by atoms with van der Waals surface area (Å²) in [5.41, 5.74) is -0.283. The second kappa shape index (κ2) is 7.36. The van der Waals surface area contributed by atoms with Gasteiger partial charge in [0.15, 0.2) is 0 Å². The molecule has 9 heteroatoms. The monoisotopic (exact) mass is 386 g/mol. The van der Waals surface area contributed by atoms with Gasteiger partial charge < -0.3 is 5.32 Å². The Bertz CT molecular complexity index is 877. The molecule has 0 aliphatic carbocycles. The third-order valence-corrected chi connectivity index (χ3v) is 5.45. The highest BCUT2D eigenvalue weighted by Gasteiger charge is 2.31. The summed E-state index contributed by atoms with van der Waals surface area (Å²) in [5.74, 6) is -0.291. The molecule has 0 unspecified atom stereocenters. The van der Waals surface area contributed by atoms with Gasteiger partial charge >= 0.3 is 6.18 Å². The normalized spacial score (nSPS) is 11.9. The molecule has 2 aromatic rings. The maximum atomic E-state index is 12.8. The molecule has 2 rings (SSSR count). The van der Waals surface area contributed by atoms with Crippen LogP contribution in [0, 0.1) is 0 Å². The van der Waals surface area contributed by atoms with Crippen LogP contribution in [0.15, 0.2) is 53.4 Å². The topological polar surface area (TPSA) is 66.5 Å². The molecule has 1 amide bonds. The summed E-state index contributed by atoms with van der Waals surface area (Å²) < 4.78 is 64.6. The first-order valence-corrected chi connectivity index (χ1v) is 9.07. The van der Waals surface area contributed by atoms with E-state index in [1.54, 1.807) is 6.92 Å². The lowest BCUT2D eigenvalue weighted by Gasteiger charge is -2.23. The summed E-state index contributed by atoms with van der Waals surface area (Å²) in [4.78, 5) is 11.0. The number of nitrogens with zero attached hydrogens (tertiary/aromatic N) is 1. The minimum Gasteiger partial charge on any atom is -0.326 e. The number of amides is 1. The fourth-order valence-corrected chi connectivity index (χ4v) is 3.82. The van der Waals surface area contributed by atoms with Crippen molar-refractivity contribution in [2.24, 2.45) is 0 Å². The zero-order valence-corrected chi connectivity index (χ0v) is 14.9. The van der Waals surface area contributed by atoms with Crippen molar-refractivity contribution >= 4 is 27.3 Å². The molecule has 2 aromatic carbocycles. The Labute approximate surface area is 149 Å². The van der Waals surface area contributed by atoms with Crippen molar-refractivity contribution in [1.82, 2.24) is 0 Å². The molecule has 0 fully saturated rings. The Balaban J connectivity index is 2.34. The van der Waals surface area contributed by atoms with Gasteiger partial charge in [0.2, 0.25) is 5.91 Å². The Morgan fingerprint density at radius 3 is 2.00 bits per heavy atom. The van der Waals surface area contributed by atoms with Gasteiger partial charge in [0.1, 0.15) is 0 Å². The zero-order chi connectivity index (χ0) is 19.5. The summed E-state index contributed by atoms with van der Waals surface area (Å²) in [6.45, 7) is 2.95. The maximum absolute atomic E-state index is 12.8. The van der Waals surface area contributed by atoms with Gasteiger partial charge in [-0.05, 0) is 55.5 Å². The lowest BCUT2D eigenvalue weighted by molar-refractivity contribution is -0.137. The number of hydrogen-bond acceptors (Lipinski definition) is 3. The number of hydrogen-bond donors (Lipinski definition) is 1. The Morgan fingerprint density at radius 2 is 1.58 bits per heavy atom. The number of rotatable bonds is 5. The van der Waals surface area contributed by atoms with E-state index in [0.717, 1.165) is 28.6 Å². The smallest absolute Gasteiger partial charge is 0.326 e. The second-order valence-corrected chi connectivity index (χ2v) is 7.28. The van der Waals surface area contributed by atoms with Crippen molar-refractivity contribution in [3.63, 3.8) is 0 Å². The highest BCUT2D eigenvalue weighted by Crippen LogP contribution is 2.32. The number of anilines is 2. The van der Waals surface area contributed by atoms with E-state index in [9.17, 15) is 26.4 Å². The highest BCUT2D eigenvalue weighted by atomic mass is 32.2. The molecule has 0 saturated heterocycles. The molecule has 0 heterocycles. The predicted octanol–water partition coefficient (Wildman–Crippen LogP) is 3.88. The standard InChI is InChI=1S/C17H17F3N2O3S/c1-3-22(15-8-4-13(5-9-15)17(18,19)20)26(24,25)16-10-6-14(7-11-16)21-12(2)23/h4-11H,3H2,1-2H3,(H,21,23). The molecular weight excluding hydrogens is 369 g/mol. The molecule has 0 spiro atoms. The fraction of sp³-hybridized carbons (Fsp3) is 0.235. The maximum Gasteiger partial charge on any atom is 0.416 e. The van der Waals surface area contributed by atoms with Crippen molar-refractivity contribution in [2.75, 3.05) is 16.2 Å². The molecule has 140 valence electrons. The van der Waals surface area contributed by atoms with E-state index in [2.05, 4.69) is 5.32 Å². The van der Waals surface area contributed by atoms with E-state index in [0.29, 0.717) is 5.69 Å². The molecular formula is C17H17F3N2O3S. The summed E-state index contributed by atoms with van der Waals surface area (Å²) in [7, 11) is -3.96. The molecule has 0 radical (unpaired) electrons. The SMILES string of the molecule is CCN(c1ccc(C(F)(F)F)cc1)S(=O)(=O)c1ccc(NC(C)=O)cc1. The molecule has 0 aliphatic heterocycles. The van der Waals surface area contributed by atoms with Crippen molar-refractivity contribution < 1.29 is 26.4 Å². The van der Waals surface area contributed by atoms with Gasteiger partial charge in [0, 0.05) is 19.2 Å². The number of benzene rings is 2. The summed E-state index contributed by atoms with van der Waals surface area (Å²) in [6, 6.07) is 9.45. The number of carbonyl (C=O) groups is 1.